The number of carbonyl (C=O) groups excluding carboxylic acids is 2. The average molecular weight is 467 g/mol. The van der Waals surface area contributed by atoms with Gasteiger partial charge in [-0.25, -0.2) is 0 Å². The molecule has 0 fully saturated rings. The molecule has 0 saturated heterocycles. The van der Waals surface area contributed by atoms with Crippen molar-refractivity contribution in [2.24, 2.45) is 0 Å². The van der Waals surface area contributed by atoms with Gasteiger partial charge in [-0.05, 0) is 66.3 Å². The zero-order chi connectivity index (χ0) is 24.4. The smallest absolute Gasteiger partial charge is 0.247 e. The van der Waals surface area contributed by atoms with Crippen LogP contribution in [-0.4, -0.2) is 28.9 Å². The molecule has 6 nitrogen and oxygen atoms in total. The molecule has 35 heavy (non-hydrogen) atoms. The van der Waals surface area contributed by atoms with Gasteiger partial charge in [0, 0.05) is 35.8 Å². The first-order valence-corrected chi connectivity index (χ1v) is 12.0. The van der Waals surface area contributed by atoms with Crippen molar-refractivity contribution in [3.8, 4) is 0 Å². The van der Waals surface area contributed by atoms with Crippen LogP contribution in [0, 0.1) is 13.8 Å². The zero-order valence-corrected chi connectivity index (χ0v) is 20.0. The first-order valence-electron chi connectivity index (χ1n) is 12.0. The van der Waals surface area contributed by atoms with E-state index in [4.69, 9.17) is 0 Å². The Morgan fingerprint density at radius 1 is 0.971 bits per heavy atom. The van der Waals surface area contributed by atoms with Gasteiger partial charge in [0.2, 0.25) is 11.8 Å². The number of aryl methyl sites for hydroxylation is 2. The molecule has 2 amide bonds. The first-order chi connectivity index (χ1) is 17.0. The monoisotopic (exact) mass is 466 g/mol. The number of carbonyl (C=O) groups is 2. The lowest BCUT2D eigenvalue weighted by molar-refractivity contribution is -0.128. The first kappa shape index (κ1) is 22.9. The molecule has 6 heteroatoms. The van der Waals surface area contributed by atoms with E-state index in [1.165, 1.54) is 11.1 Å². The second-order valence-electron chi connectivity index (χ2n) is 9.32. The lowest BCUT2D eigenvalue weighted by atomic mass is 9.95. The molecule has 0 bridgehead atoms. The molecule has 2 atom stereocenters. The van der Waals surface area contributed by atoms with E-state index in [1.54, 1.807) is 0 Å². The van der Waals surface area contributed by atoms with Crippen molar-refractivity contribution in [3.63, 3.8) is 0 Å². The molecular formula is C29H30N4O2. The Morgan fingerprint density at radius 2 is 1.74 bits per heavy atom. The third-order valence-electron chi connectivity index (χ3n) is 6.90. The summed E-state index contributed by atoms with van der Waals surface area (Å²) in [4.78, 5) is 30.0. The van der Waals surface area contributed by atoms with Crippen molar-refractivity contribution in [2.75, 3.05) is 5.32 Å². The molecule has 1 aliphatic heterocycles. The Bertz CT molecular complexity index is 1390. The Kier molecular flexibility index (Phi) is 6.38. The molecule has 4 N–H and O–H groups in total. The van der Waals surface area contributed by atoms with Crippen LogP contribution in [0.4, 0.5) is 5.69 Å². The van der Waals surface area contributed by atoms with Crippen molar-refractivity contribution >= 4 is 28.4 Å². The van der Waals surface area contributed by atoms with Gasteiger partial charge in [0.15, 0.2) is 0 Å². The molecule has 0 aliphatic carbocycles. The molecule has 3 aromatic carbocycles. The third-order valence-corrected chi connectivity index (χ3v) is 6.90. The fraction of sp³-hybridized carbons (Fsp3) is 0.241. The average Bonchev–Trinajstić information content (AvgIpc) is 3.28. The normalized spacial score (nSPS) is 15.9. The Morgan fingerprint density at radius 3 is 2.57 bits per heavy atom. The lowest BCUT2D eigenvalue weighted by Gasteiger charge is -2.27. The second-order valence-corrected chi connectivity index (χ2v) is 9.32. The van der Waals surface area contributed by atoms with E-state index in [0.29, 0.717) is 19.4 Å². The minimum atomic E-state index is -0.720. The van der Waals surface area contributed by atoms with Crippen LogP contribution in [0.25, 0.3) is 10.9 Å². The van der Waals surface area contributed by atoms with Crippen molar-refractivity contribution in [1.82, 2.24) is 15.6 Å². The highest BCUT2D eigenvalue weighted by atomic mass is 16.2. The highest BCUT2D eigenvalue weighted by Gasteiger charge is 2.29. The van der Waals surface area contributed by atoms with Gasteiger partial charge in [-0.2, -0.15) is 0 Å². The molecule has 0 saturated carbocycles. The minimum Gasteiger partial charge on any atom is -0.361 e. The van der Waals surface area contributed by atoms with Crippen molar-refractivity contribution in [1.29, 1.82) is 0 Å². The van der Waals surface area contributed by atoms with Gasteiger partial charge >= 0.3 is 0 Å². The van der Waals surface area contributed by atoms with Crippen LogP contribution in [0.1, 0.15) is 27.8 Å². The number of H-pyrrole nitrogens is 1. The highest BCUT2D eigenvalue weighted by Crippen LogP contribution is 2.21. The minimum absolute atomic E-state index is 0.167. The molecule has 0 spiro atoms. The van der Waals surface area contributed by atoms with E-state index < -0.39 is 6.04 Å². The predicted molar refractivity (Wildman–Crippen MR) is 139 cm³/mol. The third kappa shape index (κ3) is 4.98. The molecule has 2 unspecified atom stereocenters. The summed E-state index contributed by atoms with van der Waals surface area (Å²) in [5.74, 6) is -0.400. The number of para-hydroxylation sites is 1. The molecule has 1 aliphatic rings. The van der Waals surface area contributed by atoms with E-state index in [-0.39, 0.29) is 17.9 Å². The maximum Gasteiger partial charge on any atom is 0.247 e. The number of hydrogen-bond donors (Lipinski definition) is 4. The van der Waals surface area contributed by atoms with Crippen LogP contribution in [0.5, 0.6) is 0 Å². The number of benzene rings is 3. The molecule has 0 radical (unpaired) electrons. The maximum absolute atomic E-state index is 13.4. The largest absolute Gasteiger partial charge is 0.361 e. The summed E-state index contributed by atoms with van der Waals surface area (Å²) in [6, 6.07) is 20.9. The van der Waals surface area contributed by atoms with Gasteiger partial charge in [0.25, 0.3) is 0 Å². The Labute approximate surface area is 205 Å². The van der Waals surface area contributed by atoms with E-state index in [0.717, 1.165) is 33.3 Å². The maximum atomic E-state index is 13.4. The second kappa shape index (κ2) is 9.76. The summed E-state index contributed by atoms with van der Waals surface area (Å²) in [5, 5.41) is 10.4. The molecule has 4 aromatic rings. The van der Waals surface area contributed by atoms with Gasteiger partial charge in [-0.15, -0.1) is 0 Å². The standard InChI is InChI=1S/C29H30N4O2/c1-18-11-12-23(13-19(18)2)32-29(35)27(15-22-17-30-25-10-6-5-9-24(22)25)33-28(34)26-14-20-7-3-4-8-21(20)16-31-26/h3-13,17,26-27,30-31H,14-16H2,1-2H3,(H,32,35)(H,33,34). The summed E-state index contributed by atoms with van der Waals surface area (Å²) in [6.45, 7) is 4.69. The SMILES string of the molecule is Cc1ccc(NC(=O)C(Cc2c[nH]c3ccccc23)NC(=O)C2Cc3ccccc3CN2)cc1C. The van der Waals surface area contributed by atoms with Crippen LogP contribution < -0.4 is 16.0 Å². The van der Waals surface area contributed by atoms with Crippen LogP contribution in [-0.2, 0) is 29.0 Å². The van der Waals surface area contributed by atoms with E-state index in [9.17, 15) is 9.59 Å². The predicted octanol–water partition coefficient (Wildman–Crippen LogP) is 4.17. The summed E-state index contributed by atoms with van der Waals surface area (Å²) in [5.41, 5.74) is 7.36. The van der Waals surface area contributed by atoms with Gasteiger partial charge < -0.3 is 20.9 Å². The fourth-order valence-corrected chi connectivity index (χ4v) is 4.69. The van der Waals surface area contributed by atoms with Crippen molar-refractivity contribution in [2.45, 2.75) is 45.3 Å². The van der Waals surface area contributed by atoms with E-state index >= 15 is 0 Å². The van der Waals surface area contributed by atoms with Crippen LogP contribution in [0.3, 0.4) is 0 Å². The Hall–Kier alpha value is -3.90. The Balaban J connectivity index is 1.37. The van der Waals surface area contributed by atoms with Crippen LogP contribution in [0.15, 0.2) is 72.9 Å². The number of hydrogen-bond acceptors (Lipinski definition) is 3. The molecule has 5 rings (SSSR count). The van der Waals surface area contributed by atoms with Crippen LogP contribution >= 0.6 is 0 Å². The molecule has 178 valence electrons. The summed E-state index contributed by atoms with van der Waals surface area (Å²) in [6.07, 6.45) is 2.90. The van der Waals surface area contributed by atoms with E-state index in [2.05, 4.69) is 33.1 Å². The van der Waals surface area contributed by atoms with Gasteiger partial charge in [-0.1, -0.05) is 48.5 Å². The molecule has 2 heterocycles. The number of nitrogens with one attached hydrogen (secondary N) is 4. The summed E-state index contributed by atoms with van der Waals surface area (Å²) < 4.78 is 0. The van der Waals surface area contributed by atoms with Crippen molar-refractivity contribution < 1.29 is 9.59 Å². The molecular weight excluding hydrogens is 436 g/mol. The number of fused-ring (bicyclic) bond motifs is 2. The summed E-state index contributed by atoms with van der Waals surface area (Å²) >= 11 is 0. The fourth-order valence-electron chi connectivity index (χ4n) is 4.69. The number of aromatic amines is 1. The number of rotatable bonds is 6. The number of aromatic nitrogens is 1. The number of amides is 2. The summed E-state index contributed by atoms with van der Waals surface area (Å²) in [7, 11) is 0. The number of anilines is 1. The quantitative estimate of drug-likeness (QED) is 0.344. The highest BCUT2D eigenvalue weighted by molar-refractivity contribution is 5.98. The zero-order valence-electron chi connectivity index (χ0n) is 20.0. The van der Waals surface area contributed by atoms with Gasteiger partial charge in [0.05, 0.1) is 6.04 Å². The topological polar surface area (TPSA) is 86.0 Å². The van der Waals surface area contributed by atoms with E-state index in [1.807, 2.05) is 74.6 Å². The van der Waals surface area contributed by atoms with Gasteiger partial charge in [0.1, 0.15) is 6.04 Å². The van der Waals surface area contributed by atoms with Crippen molar-refractivity contribution in [3.05, 3.63) is 101 Å². The lowest BCUT2D eigenvalue weighted by Crippen LogP contribution is -2.53. The van der Waals surface area contributed by atoms with Crippen LogP contribution in [0.2, 0.25) is 0 Å². The molecule has 1 aromatic heterocycles. The van der Waals surface area contributed by atoms with Gasteiger partial charge in [-0.3, -0.25) is 9.59 Å².